The minimum atomic E-state index is -0.207. The lowest BCUT2D eigenvalue weighted by molar-refractivity contribution is 0.296. The molecular formula is C18H18FNO. The highest BCUT2D eigenvalue weighted by atomic mass is 19.1. The van der Waals surface area contributed by atoms with Crippen molar-refractivity contribution >= 4 is 10.9 Å². The molecule has 0 saturated heterocycles. The third-order valence-electron chi connectivity index (χ3n) is 3.64. The molecule has 108 valence electrons. The molecular weight excluding hydrogens is 265 g/mol. The average Bonchev–Trinajstić information content (AvgIpc) is 2.81. The van der Waals surface area contributed by atoms with Crippen molar-refractivity contribution in [2.24, 2.45) is 0 Å². The summed E-state index contributed by atoms with van der Waals surface area (Å²) in [5.74, 6) is 0.649. The molecule has 0 aliphatic rings. The molecule has 0 atom stereocenters. The molecule has 1 heterocycles. The monoisotopic (exact) mass is 283 g/mol. The third kappa shape index (κ3) is 2.77. The summed E-state index contributed by atoms with van der Waals surface area (Å²) in [5.41, 5.74) is 3.27. The lowest BCUT2D eigenvalue weighted by Gasteiger charge is -2.10. The molecule has 0 aliphatic carbocycles. The standard InChI is InChI=1S/C18H18FNO/c1-3-20-16(11-14-10-15(19)7-8-18(14)20)12-21-17-6-4-5-13(2)9-17/h4-11H,3,12H2,1-2H3. The maximum atomic E-state index is 13.3. The molecule has 3 aromatic rings. The predicted molar refractivity (Wildman–Crippen MR) is 83.1 cm³/mol. The van der Waals surface area contributed by atoms with E-state index in [0.717, 1.165) is 28.9 Å². The van der Waals surface area contributed by atoms with Crippen LogP contribution in [0.1, 0.15) is 18.2 Å². The first kappa shape index (κ1) is 13.7. The van der Waals surface area contributed by atoms with Crippen molar-refractivity contribution in [1.82, 2.24) is 4.57 Å². The topological polar surface area (TPSA) is 14.2 Å². The SMILES string of the molecule is CCn1c(COc2cccc(C)c2)cc2cc(F)ccc21. The molecule has 0 amide bonds. The molecule has 0 aliphatic heterocycles. The highest BCUT2D eigenvalue weighted by molar-refractivity contribution is 5.81. The average molecular weight is 283 g/mol. The van der Waals surface area contributed by atoms with Gasteiger partial charge in [0.2, 0.25) is 0 Å². The Balaban J connectivity index is 1.89. The molecule has 0 saturated carbocycles. The number of ether oxygens (including phenoxy) is 1. The third-order valence-corrected chi connectivity index (χ3v) is 3.64. The van der Waals surface area contributed by atoms with Crippen molar-refractivity contribution < 1.29 is 9.13 Å². The molecule has 0 N–H and O–H groups in total. The summed E-state index contributed by atoms with van der Waals surface area (Å²) in [6, 6.07) is 14.9. The van der Waals surface area contributed by atoms with Gasteiger partial charge in [0, 0.05) is 17.4 Å². The van der Waals surface area contributed by atoms with Crippen molar-refractivity contribution in [1.29, 1.82) is 0 Å². The van der Waals surface area contributed by atoms with E-state index in [2.05, 4.69) is 11.5 Å². The van der Waals surface area contributed by atoms with Crippen LogP contribution in [0.2, 0.25) is 0 Å². The van der Waals surface area contributed by atoms with E-state index in [4.69, 9.17) is 4.74 Å². The summed E-state index contributed by atoms with van der Waals surface area (Å²) < 4.78 is 21.4. The van der Waals surface area contributed by atoms with Crippen LogP contribution in [0.3, 0.4) is 0 Å². The Bertz CT molecular complexity index is 776. The predicted octanol–water partition coefficient (Wildman–Crippen LogP) is 4.69. The van der Waals surface area contributed by atoms with E-state index in [0.29, 0.717) is 6.61 Å². The lowest BCUT2D eigenvalue weighted by Crippen LogP contribution is -2.04. The highest BCUT2D eigenvalue weighted by Gasteiger charge is 2.09. The van der Waals surface area contributed by atoms with Crippen LogP contribution in [-0.2, 0) is 13.2 Å². The zero-order valence-corrected chi connectivity index (χ0v) is 12.3. The minimum Gasteiger partial charge on any atom is -0.487 e. The van der Waals surface area contributed by atoms with Gasteiger partial charge in [0.25, 0.3) is 0 Å². The number of hydrogen-bond donors (Lipinski definition) is 0. The molecule has 1 aromatic heterocycles. The second-order valence-electron chi connectivity index (χ2n) is 5.19. The zero-order valence-electron chi connectivity index (χ0n) is 12.3. The Morgan fingerprint density at radius 1 is 1.10 bits per heavy atom. The first-order chi connectivity index (χ1) is 10.2. The summed E-state index contributed by atoms with van der Waals surface area (Å²) in [4.78, 5) is 0. The number of halogens is 1. The van der Waals surface area contributed by atoms with Gasteiger partial charge in [-0.05, 0) is 55.8 Å². The first-order valence-electron chi connectivity index (χ1n) is 7.14. The number of aromatic nitrogens is 1. The lowest BCUT2D eigenvalue weighted by atomic mass is 10.2. The molecule has 21 heavy (non-hydrogen) atoms. The van der Waals surface area contributed by atoms with E-state index in [9.17, 15) is 4.39 Å². The number of rotatable bonds is 4. The fourth-order valence-electron chi connectivity index (χ4n) is 2.65. The van der Waals surface area contributed by atoms with Crippen molar-refractivity contribution in [2.75, 3.05) is 0 Å². The van der Waals surface area contributed by atoms with E-state index < -0.39 is 0 Å². The molecule has 0 fully saturated rings. The van der Waals surface area contributed by atoms with E-state index in [-0.39, 0.29) is 5.82 Å². The minimum absolute atomic E-state index is 0.207. The highest BCUT2D eigenvalue weighted by Crippen LogP contribution is 2.23. The van der Waals surface area contributed by atoms with E-state index in [1.165, 1.54) is 11.6 Å². The van der Waals surface area contributed by atoms with Crippen LogP contribution in [0.15, 0.2) is 48.5 Å². The van der Waals surface area contributed by atoms with Gasteiger partial charge in [0.05, 0.1) is 5.69 Å². The quantitative estimate of drug-likeness (QED) is 0.677. The summed E-state index contributed by atoms with van der Waals surface area (Å²) in [5, 5.41) is 0.916. The smallest absolute Gasteiger partial charge is 0.128 e. The van der Waals surface area contributed by atoms with Gasteiger partial charge in [-0.15, -0.1) is 0 Å². The Morgan fingerprint density at radius 3 is 2.71 bits per heavy atom. The molecule has 0 radical (unpaired) electrons. The Labute approximate surface area is 123 Å². The Hall–Kier alpha value is -2.29. The van der Waals surface area contributed by atoms with Gasteiger partial charge in [-0.25, -0.2) is 4.39 Å². The van der Waals surface area contributed by atoms with Gasteiger partial charge >= 0.3 is 0 Å². The summed E-state index contributed by atoms with van der Waals surface area (Å²) >= 11 is 0. The van der Waals surface area contributed by atoms with Crippen molar-refractivity contribution in [3.63, 3.8) is 0 Å². The van der Waals surface area contributed by atoms with Crippen LogP contribution in [0.5, 0.6) is 5.75 Å². The van der Waals surface area contributed by atoms with Crippen molar-refractivity contribution in [3.8, 4) is 5.75 Å². The second-order valence-corrected chi connectivity index (χ2v) is 5.19. The van der Waals surface area contributed by atoms with Crippen molar-refractivity contribution in [2.45, 2.75) is 27.0 Å². The number of benzene rings is 2. The largest absolute Gasteiger partial charge is 0.487 e. The number of fused-ring (bicyclic) bond motifs is 1. The zero-order chi connectivity index (χ0) is 14.8. The normalized spacial score (nSPS) is 11.0. The Kier molecular flexibility index (Phi) is 3.65. The molecule has 3 heteroatoms. The number of aryl methyl sites for hydroxylation is 2. The van der Waals surface area contributed by atoms with E-state index in [1.807, 2.05) is 43.3 Å². The fourth-order valence-corrected chi connectivity index (χ4v) is 2.65. The van der Waals surface area contributed by atoms with Crippen LogP contribution in [0.25, 0.3) is 10.9 Å². The van der Waals surface area contributed by atoms with Gasteiger partial charge < -0.3 is 9.30 Å². The van der Waals surface area contributed by atoms with Crippen LogP contribution in [0, 0.1) is 12.7 Å². The van der Waals surface area contributed by atoms with E-state index >= 15 is 0 Å². The van der Waals surface area contributed by atoms with Crippen LogP contribution in [0.4, 0.5) is 4.39 Å². The van der Waals surface area contributed by atoms with Gasteiger partial charge in [0.15, 0.2) is 0 Å². The van der Waals surface area contributed by atoms with Crippen LogP contribution in [-0.4, -0.2) is 4.57 Å². The van der Waals surface area contributed by atoms with E-state index in [1.54, 1.807) is 6.07 Å². The van der Waals surface area contributed by atoms with Gasteiger partial charge in [-0.3, -0.25) is 0 Å². The van der Waals surface area contributed by atoms with Crippen LogP contribution >= 0.6 is 0 Å². The molecule has 3 rings (SSSR count). The maximum Gasteiger partial charge on any atom is 0.128 e. The maximum absolute atomic E-state index is 13.3. The number of hydrogen-bond acceptors (Lipinski definition) is 1. The second kappa shape index (κ2) is 5.60. The Morgan fingerprint density at radius 2 is 1.95 bits per heavy atom. The van der Waals surface area contributed by atoms with Gasteiger partial charge in [-0.1, -0.05) is 12.1 Å². The summed E-state index contributed by atoms with van der Waals surface area (Å²) in [7, 11) is 0. The number of nitrogens with zero attached hydrogens (tertiary/aromatic N) is 1. The fraction of sp³-hybridized carbons (Fsp3) is 0.222. The first-order valence-corrected chi connectivity index (χ1v) is 7.14. The van der Waals surface area contributed by atoms with Crippen LogP contribution < -0.4 is 4.74 Å². The van der Waals surface area contributed by atoms with Gasteiger partial charge in [0.1, 0.15) is 18.2 Å². The summed E-state index contributed by atoms with van der Waals surface area (Å²) in [6.45, 7) is 5.44. The summed E-state index contributed by atoms with van der Waals surface area (Å²) in [6.07, 6.45) is 0. The molecule has 2 nitrogen and oxygen atoms in total. The molecule has 0 bridgehead atoms. The van der Waals surface area contributed by atoms with Gasteiger partial charge in [-0.2, -0.15) is 0 Å². The molecule has 0 spiro atoms. The van der Waals surface area contributed by atoms with Crippen molar-refractivity contribution in [3.05, 3.63) is 65.6 Å². The molecule has 0 unspecified atom stereocenters. The molecule has 2 aromatic carbocycles.